The molecule has 5 fully saturated rings. The van der Waals surface area contributed by atoms with Crippen LogP contribution < -0.4 is 5.32 Å². The molecular formula is C30H51NO. The van der Waals surface area contributed by atoms with Gasteiger partial charge >= 0.3 is 0 Å². The van der Waals surface area contributed by atoms with Crippen LogP contribution in [-0.4, -0.2) is 11.9 Å². The molecule has 4 aliphatic carbocycles. The maximum atomic E-state index is 12.5. The zero-order chi connectivity index (χ0) is 23.4. The van der Waals surface area contributed by atoms with Crippen LogP contribution >= 0.6 is 0 Å². The highest BCUT2D eigenvalue weighted by Gasteiger charge is 2.70. The fourth-order valence-electron chi connectivity index (χ4n) is 11.1. The van der Waals surface area contributed by atoms with E-state index >= 15 is 0 Å². The molecule has 0 aromatic rings. The van der Waals surface area contributed by atoms with Crippen LogP contribution in [0, 0.1) is 50.2 Å². The molecule has 2 heteroatoms. The lowest BCUT2D eigenvalue weighted by molar-refractivity contribution is -0.251. The Kier molecular flexibility index (Phi) is 4.92. The van der Waals surface area contributed by atoms with E-state index in [-0.39, 0.29) is 11.3 Å². The first-order chi connectivity index (χ1) is 14.7. The van der Waals surface area contributed by atoms with Crippen molar-refractivity contribution >= 4 is 5.91 Å². The highest BCUT2D eigenvalue weighted by Crippen LogP contribution is 2.77. The second kappa shape index (κ2) is 6.78. The average Bonchev–Trinajstić information content (AvgIpc) is 2.82. The normalized spacial score (nSPS) is 57.2. The average molecular weight is 442 g/mol. The second-order valence-corrected chi connectivity index (χ2v) is 15.4. The lowest BCUT2D eigenvalue weighted by Crippen LogP contribution is -2.67. The molecule has 0 radical (unpaired) electrons. The predicted octanol–water partition coefficient (Wildman–Crippen LogP) is 7.76. The lowest BCUT2D eigenvalue weighted by atomic mass is 9.30. The van der Waals surface area contributed by atoms with Crippen LogP contribution in [0.1, 0.15) is 126 Å². The van der Waals surface area contributed by atoms with E-state index in [2.05, 4.69) is 60.7 Å². The molecular weight excluding hydrogens is 390 g/mol. The first kappa shape index (κ1) is 23.2. The van der Waals surface area contributed by atoms with Gasteiger partial charge in [-0.2, -0.15) is 0 Å². The predicted molar refractivity (Wildman–Crippen MR) is 133 cm³/mol. The zero-order valence-electron chi connectivity index (χ0n) is 22.5. The minimum Gasteiger partial charge on any atom is -0.353 e. The van der Waals surface area contributed by atoms with E-state index in [0.29, 0.717) is 39.0 Å². The van der Waals surface area contributed by atoms with Crippen LogP contribution in [0.15, 0.2) is 0 Å². The number of amides is 1. The van der Waals surface area contributed by atoms with Crippen LogP contribution in [0.25, 0.3) is 0 Å². The van der Waals surface area contributed by atoms with Crippen molar-refractivity contribution in [1.29, 1.82) is 0 Å². The molecule has 9 atom stereocenters. The number of hydrogen-bond acceptors (Lipinski definition) is 1. The van der Waals surface area contributed by atoms with E-state index in [1.165, 1.54) is 57.8 Å². The smallest absolute Gasteiger partial charge is 0.220 e. The van der Waals surface area contributed by atoms with Crippen LogP contribution in [0.5, 0.6) is 0 Å². The Morgan fingerprint density at radius 1 is 0.688 bits per heavy atom. The standard InChI is InChI=1S/C30H51NO/c1-20-27(5)12-11-22-28(6,21(27)9-10-24(32)31-20)16-18-30(8)23-19-25(2,3)13-14-26(23,4)15-17-29(22,30)7/h20-23H,9-19H2,1-8H3,(H,31,32)/t20-,21-,22+,23-,26-,27-,28+,29-,30+/m1/s1. The molecule has 1 heterocycles. The summed E-state index contributed by atoms with van der Waals surface area (Å²) < 4.78 is 0. The summed E-state index contributed by atoms with van der Waals surface area (Å²) in [5, 5.41) is 3.38. The summed E-state index contributed by atoms with van der Waals surface area (Å²) in [7, 11) is 0. The van der Waals surface area contributed by atoms with Gasteiger partial charge in [0.1, 0.15) is 0 Å². The van der Waals surface area contributed by atoms with Crippen molar-refractivity contribution in [2.24, 2.45) is 50.2 Å². The number of carbonyl (C=O) groups excluding carboxylic acids is 1. The highest BCUT2D eigenvalue weighted by atomic mass is 16.1. The van der Waals surface area contributed by atoms with Crippen LogP contribution in [0.3, 0.4) is 0 Å². The molecule has 182 valence electrons. The van der Waals surface area contributed by atoms with E-state index in [9.17, 15) is 4.79 Å². The Morgan fingerprint density at radius 2 is 1.31 bits per heavy atom. The van der Waals surface area contributed by atoms with E-state index < -0.39 is 0 Å². The monoisotopic (exact) mass is 441 g/mol. The Balaban J connectivity index is 1.55. The van der Waals surface area contributed by atoms with Gasteiger partial charge in [-0.15, -0.1) is 0 Å². The van der Waals surface area contributed by atoms with Gasteiger partial charge in [0.25, 0.3) is 0 Å². The van der Waals surface area contributed by atoms with Crippen molar-refractivity contribution in [3.63, 3.8) is 0 Å². The van der Waals surface area contributed by atoms with Gasteiger partial charge in [-0.25, -0.2) is 0 Å². The van der Waals surface area contributed by atoms with Gasteiger partial charge in [-0.1, -0.05) is 48.5 Å². The number of carbonyl (C=O) groups is 1. The molecule has 0 aromatic heterocycles. The molecule has 1 N–H and O–H groups in total. The van der Waals surface area contributed by atoms with Crippen LogP contribution in [-0.2, 0) is 4.79 Å². The molecule has 5 aliphatic rings. The quantitative estimate of drug-likeness (QED) is 0.409. The van der Waals surface area contributed by atoms with Gasteiger partial charge in [0.05, 0.1) is 0 Å². The Labute approximate surface area is 198 Å². The van der Waals surface area contributed by atoms with Crippen LogP contribution in [0.4, 0.5) is 0 Å². The lowest BCUT2D eigenvalue weighted by Gasteiger charge is -2.74. The summed E-state index contributed by atoms with van der Waals surface area (Å²) in [5.41, 5.74) is 2.57. The summed E-state index contributed by atoms with van der Waals surface area (Å²) >= 11 is 0. The van der Waals surface area contributed by atoms with Gasteiger partial charge in [0, 0.05) is 12.5 Å². The SMILES string of the molecule is C[C@H]1NC(=O)CC[C@@H]2[C@]1(C)CC[C@H]1[C@@]2(C)CC[C@@]2(C)[C@@H]3CC(C)(C)CC[C@]3(C)CC[C@]12C. The Morgan fingerprint density at radius 3 is 2.03 bits per heavy atom. The third kappa shape index (κ3) is 2.85. The zero-order valence-corrected chi connectivity index (χ0v) is 22.5. The van der Waals surface area contributed by atoms with Gasteiger partial charge in [0.15, 0.2) is 0 Å². The molecule has 2 nitrogen and oxygen atoms in total. The summed E-state index contributed by atoms with van der Waals surface area (Å²) in [6.45, 7) is 20.7. The molecule has 32 heavy (non-hydrogen) atoms. The summed E-state index contributed by atoms with van der Waals surface area (Å²) in [5.74, 6) is 2.63. The third-order valence-corrected chi connectivity index (χ3v) is 13.6. The van der Waals surface area contributed by atoms with E-state index in [1.807, 2.05) is 0 Å². The minimum atomic E-state index is 0.248. The third-order valence-electron chi connectivity index (χ3n) is 13.6. The first-order valence-corrected chi connectivity index (χ1v) is 14.0. The van der Waals surface area contributed by atoms with Gasteiger partial charge in [-0.3, -0.25) is 4.79 Å². The minimum absolute atomic E-state index is 0.248. The molecule has 4 saturated carbocycles. The molecule has 0 bridgehead atoms. The Bertz CT molecular complexity index is 803. The molecule has 1 saturated heterocycles. The van der Waals surface area contributed by atoms with Crippen molar-refractivity contribution in [3.8, 4) is 0 Å². The molecule has 1 amide bonds. The molecule has 0 unspecified atom stereocenters. The highest BCUT2D eigenvalue weighted by molar-refractivity contribution is 5.76. The van der Waals surface area contributed by atoms with Gasteiger partial charge < -0.3 is 5.32 Å². The fraction of sp³-hybridized carbons (Fsp3) is 0.967. The second-order valence-electron chi connectivity index (χ2n) is 15.4. The first-order valence-electron chi connectivity index (χ1n) is 14.0. The van der Waals surface area contributed by atoms with Gasteiger partial charge in [0.2, 0.25) is 5.91 Å². The summed E-state index contributed by atoms with van der Waals surface area (Å²) in [4.78, 5) is 12.5. The van der Waals surface area contributed by atoms with Crippen molar-refractivity contribution in [2.75, 3.05) is 0 Å². The number of fused-ring (bicyclic) bond motifs is 7. The van der Waals surface area contributed by atoms with Crippen molar-refractivity contribution < 1.29 is 4.79 Å². The topological polar surface area (TPSA) is 29.1 Å². The van der Waals surface area contributed by atoms with Crippen molar-refractivity contribution in [3.05, 3.63) is 0 Å². The summed E-state index contributed by atoms with van der Waals surface area (Å²) in [6.07, 6.45) is 14.4. The van der Waals surface area contributed by atoms with E-state index in [0.717, 1.165) is 24.7 Å². The number of hydrogen-bond donors (Lipinski definition) is 1. The largest absolute Gasteiger partial charge is 0.353 e. The molecule has 1 aliphatic heterocycles. The van der Waals surface area contributed by atoms with Crippen molar-refractivity contribution in [1.82, 2.24) is 5.32 Å². The molecule has 0 aromatic carbocycles. The van der Waals surface area contributed by atoms with E-state index in [1.54, 1.807) is 0 Å². The van der Waals surface area contributed by atoms with E-state index in [4.69, 9.17) is 0 Å². The maximum absolute atomic E-state index is 12.5. The molecule has 5 rings (SSSR count). The number of nitrogens with one attached hydrogen (secondary N) is 1. The maximum Gasteiger partial charge on any atom is 0.220 e. The van der Waals surface area contributed by atoms with Crippen LogP contribution in [0.2, 0.25) is 0 Å². The Hall–Kier alpha value is -0.530. The number of rotatable bonds is 0. The van der Waals surface area contributed by atoms with Crippen molar-refractivity contribution in [2.45, 2.75) is 132 Å². The summed E-state index contributed by atoms with van der Waals surface area (Å²) in [6, 6.07) is 0.301. The molecule has 0 spiro atoms. The van der Waals surface area contributed by atoms with Gasteiger partial charge in [-0.05, 0) is 121 Å². The fourth-order valence-corrected chi connectivity index (χ4v) is 11.1.